The number of carbonyl (C=O) groups is 2. The van der Waals surface area contributed by atoms with E-state index in [1.54, 1.807) is 22.7 Å². The Morgan fingerprint density at radius 3 is 2.50 bits per heavy atom. The number of nitrogens with one attached hydrogen (secondary N) is 2. The first-order chi connectivity index (χ1) is 14.8. The van der Waals surface area contributed by atoms with Gasteiger partial charge in [-0.05, 0) is 31.7 Å². The number of H-pyrrole nitrogens is 1. The van der Waals surface area contributed by atoms with Crippen LogP contribution < -0.4 is 15.8 Å². The first-order valence-corrected chi connectivity index (χ1v) is 10.4. The molecular formula is C23H31N5O4. The van der Waals surface area contributed by atoms with E-state index in [2.05, 4.69) is 45.0 Å². The summed E-state index contributed by atoms with van der Waals surface area (Å²) in [5.41, 5.74) is 7.89. The number of nitrogens with two attached hydrogens (primary N) is 1. The highest BCUT2D eigenvalue weighted by Gasteiger charge is 2.29. The van der Waals surface area contributed by atoms with Gasteiger partial charge >= 0.3 is 5.97 Å². The molecule has 172 valence electrons. The van der Waals surface area contributed by atoms with Gasteiger partial charge in [0.05, 0.1) is 13.5 Å². The van der Waals surface area contributed by atoms with E-state index >= 15 is 0 Å². The Hall–Kier alpha value is -3.49. The van der Waals surface area contributed by atoms with Gasteiger partial charge in [0.25, 0.3) is 5.91 Å². The number of hydrogen-bond acceptors (Lipinski definition) is 5. The molecule has 0 saturated heterocycles. The van der Waals surface area contributed by atoms with Crippen molar-refractivity contribution in [3.63, 3.8) is 0 Å². The lowest BCUT2D eigenvalue weighted by Crippen LogP contribution is -2.36. The number of hydrogen-bond donors (Lipinski definition) is 4. The van der Waals surface area contributed by atoms with Crippen LogP contribution in [-0.4, -0.2) is 44.2 Å². The fourth-order valence-electron chi connectivity index (χ4n) is 4.31. The average Bonchev–Trinajstić information content (AvgIpc) is 3.19. The van der Waals surface area contributed by atoms with Crippen LogP contribution in [-0.2, 0) is 11.2 Å². The van der Waals surface area contributed by atoms with Crippen LogP contribution in [0.1, 0.15) is 57.0 Å². The molecule has 5 N–H and O–H groups in total. The number of carboxylic acids is 1. The maximum absolute atomic E-state index is 11.9. The van der Waals surface area contributed by atoms with Crippen LogP contribution >= 0.6 is 0 Å². The van der Waals surface area contributed by atoms with Crippen molar-refractivity contribution in [3.05, 3.63) is 35.5 Å². The molecule has 0 aliphatic carbocycles. The maximum atomic E-state index is 11.9. The molecule has 1 aromatic carbocycles. The fourth-order valence-corrected chi connectivity index (χ4v) is 4.31. The SMILES string of the molecule is COc1cc(-c2nc3c(C(N)=O)c[nH]n3c2NC(C)(C)CC(C)(C)C)ccc1CC(=O)O. The zero-order valence-corrected chi connectivity index (χ0v) is 19.4. The second-order valence-electron chi connectivity index (χ2n) is 9.86. The Bertz CT molecular complexity index is 1170. The molecule has 0 fully saturated rings. The van der Waals surface area contributed by atoms with E-state index in [9.17, 15) is 9.59 Å². The van der Waals surface area contributed by atoms with Crippen LogP contribution in [0.3, 0.4) is 0 Å². The normalized spacial score (nSPS) is 12.2. The summed E-state index contributed by atoms with van der Waals surface area (Å²) in [5, 5.41) is 15.8. The minimum Gasteiger partial charge on any atom is -0.496 e. The molecule has 32 heavy (non-hydrogen) atoms. The number of ether oxygens (including phenoxy) is 1. The smallest absolute Gasteiger partial charge is 0.307 e. The maximum Gasteiger partial charge on any atom is 0.307 e. The van der Waals surface area contributed by atoms with Gasteiger partial charge in [0.15, 0.2) is 11.5 Å². The molecule has 0 radical (unpaired) electrons. The second-order valence-corrected chi connectivity index (χ2v) is 9.86. The molecule has 0 saturated carbocycles. The average molecular weight is 442 g/mol. The predicted molar refractivity (Wildman–Crippen MR) is 123 cm³/mol. The van der Waals surface area contributed by atoms with Crippen molar-refractivity contribution in [2.24, 2.45) is 11.1 Å². The highest BCUT2D eigenvalue weighted by atomic mass is 16.5. The zero-order valence-electron chi connectivity index (χ0n) is 19.4. The minimum absolute atomic E-state index is 0.0797. The topological polar surface area (TPSA) is 135 Å². The Balaban J connectivity index is 2.17. The molecule has 3 aromatic rings. The van der Waals surface area contributed by atoms with Gasteiger partial charge in [-0.1, -0.05) is 32.9 Å². The van der Waals surface area contributed by atoms with Gasteiger partial charge in [0.2, 0.25) is 0 Å². The Morgan fingerprint density at radius 2 is 1.94 bits per heavy atom. The van der Waals surface area contributed by atoms with Crippen LogP contribution in [0, 0.1) is 5.41 Å². The number of aromatic amines is 1. The number of aromatic nitrogens is 3. The molecule has 0 atom stereocenters. The number of carboxylic acid groups (broad SMARTS) is 1. The van der Waals surface area contributed by atoms with Crippen molar-refractivity contribution in [3.8, 4) is 17.0 Å². The number of aliphatic carboxylic acids is 1. The van der Waals surface area contributed by atoms with Gasteiger partial charge in [-0.3, -0.25) is 14.7 Å². The molecule has 0 aliphatic heterocycles. The third-order valence-corrected chi connectivity index (χ3v) is 5.05. The van der Waals surface area contributed by atoms with Crippen molar-refractivity contribution in [2.45, 2.75) is 53.0 Å². The highest BCUT2D eigenvalue weighted by molar-refractivity contribution is 5.99. The van der Waals surface area contributed by atoms with Gasteiger partial charge in [-0.25, -0.2) is 9.50 Å². The van der Waals surface area contributed by atoms with E-state index in [0.29, 0.717) is 28.5 Å². The molecular weight excluding hydrogens is 410 g/mol. The Morgan fingerprint density at radius 1 is 1.25 bits per heavy atom. The van der Waals surface area contributed by atoms with Crippen molar-refractivity contribution >= 4 is 23.3 Å². The summed E-state index contributed by atoms with van der Waals surface area (Å²) in [4.78, 5) is 27.8. The van der Waals surface area contributed by atoms with Gasteiger partial charge in [-0.15, -0.1) is 0 Å². The van der Waals surface area contributed by atoms with Crippen LogP contribution in [0.25, 0.3) is 16.9 Å². The van der Waals surface area contributed by atoms with E-state index in [0.717, 1.165) is 12.0 Å². The first kappa shape index (κ1) is 23.2. The number of imidazole rings is 1. The minimum atomic E-state index is -0.941. The number of rotatable bonds is 8. The third-order valence-electron chi connectivity index (χ3n) is 5.05. The summed E-state index contributed by atoms with van der Waals surface area (Å²) in [6.07, 6.45) is 2.26. The van der Waals surface area contributed by atoms with Crippen LogP contribution in [0.4, 0.5) is 5.82 Å². The summed E-state index contributed by atoms with van der Waals surface area (Å²) in [6, 6.07) is 5.27. The predicted octanol–water partition coefficient (Wildman–Crippen LogP) is 3.69. The first-order valence-electron chi connectivity index (χ1n) is 10.4. The largest absolute Gasteiger partial charge is 0.496 e. The lowest BCUT2D eigenvalue weighted by atomic mass is 9.82. The number of nitrogens with zero attached hydrogens (tertiary/aromatic N) is 2. The molecule has 2 aromatic heterocycles. The quantitative estimate of drug-likeness (QED) is 0.421. The van der Waals surface area contributed by atoms with Crippen molar-refractivity contribution < 1.29 is 19.4 Å². The number of amides is 1. The van der Waals surface area contributed by atoms with Crippen molar-refractivity contribution in [2.75, 3.05) is 12.4 Å². The number of methoxy groups -OCH3 is 1. The van der Waals surface area contributed by atoms with Gasteiger partial charge in [-0.2, -0.15) is 0 Å². The van der Waals surface area contributed by atoms with Crippen molar-refractivity contribution in [1.29, 1.82) is 0 Å². The molecule has 0 unspecified atom stereocenters. The molecule has 9 nitrogen and oxygen atoms in total. The van der Waals surface area contributed by atoms with E-state index in [1.165, 1.54) is 13.3 Å². The number of benzene rings is 1. The Labute approximate surface area is 187 Å². The molecule has 9 heteroatoms. The lowest BCUT2D eigenvalue weighted by molar-refractivity contribution is -0.136. The van der Waals surface area contributed by atoms with Gasteiger partial charge in [0, 0.05) is 22.9 Å². The number of primary amides is 1. The summed E-state index contributed by atoms with van der Waals surface area (Å²) in [5.74, 6) is -0.391. The lowest BCUT2D eigenvalue weighted by Gasteiger charge is -2.34. The van der Waals surface area contributed by atoms with Crippen LogP contribution in [0.2, 0.25) is 0 Å². The summed E-state index contributed by atoms with van der Waals surface area (Å²) >= 11 is 0. The van der Waals surface area contributed by atoms with Crippen LogP contribution in [0.15, 0.2) is 24.4 Å². The molecule has 0 bridgehead atoms. The number of anilines is 1. The monoisotopic (exact) mass is 441 g/mol. The number of carbonyl (C=O) groups excluding carboxylic acids is 1. The highest BCUT2D eigenvalue weighted by Crippen LogP contribution is 2.37. The summed E-state index contributed by atoms with van der Waals surface area (Å²) in [7, 11) is 1.50. The van der Waals surface area contributed by atoms with Crippen LogP contribution in [0.5, 0.6) is 5.75 Å². The zero-order chi connectivity index (χ0) is 23.8. The Kier molecular flexibility index (Phi) is 5.95. The van der Waals surface area contributed by atoms with E-state index < -0.39 is 11.9 Å². The molecule has 2 heterocycles. The van der Waals surface area contributed by atoms with Crippen molar-refractivity contribution in [1.82, 2.24) is 14.6 Å². The molecule has 0 aliphatic rings. The standard InChI is InChI=1S/C23H31N5O4/c1-22(2,3)12-23(4,5)27-21-18(26-20-15(19(24)31)11-25-28(20)21)14-8-7-13(10-17(29)30)16(9-14)32-6/h7-9,11,25,27H,10,12H2,1-6H3,(H2,24,31)(H,29,30). The van der Waals surface area contributed by atoms with E-state index in [-0.39, 0.29) is 22.9 Å². The molecule has 1 amide bonds. The molecule has 0 spiro atoms. The molecule has 3 rings (SSSR count). The van der Waals surface area contributed by atoms with E-state index in [1.807, 2.05) is 0 Å². The fraction of sp³-hybridized carbons (Fsp3) is 0.435. The third kappa shape index (κ3) is 4.87. The number of fused-ring (bicyclic) bond motifs is 1. The second kappa shape index (κ2) is 8.22. The summed E-state index contributed by atoms with van der Waals surface area (Å²) < 4.78 is 7.14. The van der Waals surface area contributed by atoms with Gasteiger partial charge < -0.3 is 20.9 Å². The van der Waals surface area contributed by atoms with Gasteiger partial charge in [0.1, 0.15) is 17.0 Å². The van der Waals surface area contributed by atoms with E-state index in [4.69, 9.17) is 20.6 Å². The summed E-state index contributed by atoms with van der Waals surface area (Å²) in [6.45, 7) is 10.7.